The van der Waals surface area contributed by atoms with Gasteiger partial charge < -0.3 is 9.64 Å². The number of hydrogen-bond acceptors (Lipinski definition) is 7. The lowest BCUT2D eigenvalue weighted by molar-refractivity contribution is -0.118. The van der Waals surface area contributed by atoms with E-state index in [0.717, 1.165) is 43.5 Å². The van der Waals surface area contributed by atoms with E-state index in [4.69, 9.17) is 4.74 Å². The number of likely N-dealkylation sites (tertiary alicyclic amines) is 2. The van der Waals surface area contributed by atoms with Gasteiger partial charge >= 0.3 is 6.09 Å². The molecule has 0 unspecified atom stereocenters. The predicted octanol–water partition coefficient (Wildman–Crippen LogP) is 2.91. The van der Waals surface area contributed by atoms with E-state index in [1.54, 1.807) is 4.90 Å². The largest absolute Gasteiger partial charge is 0.444 e. The van der Waals surface area contributed by atoms with E-state index in [1.807, 2.05) is 39.8 Å². The molecule has 2 amide bonds. The van der Waals surface area contributed by atoms with Crippen LogP contribution in [0.5, 0.6) is 0 Å². The molecule has 1 aromatic rings. The first-order valence-electron chi connectivity index (χ1n) is 12.6. The van der Waals surface area contributed by atoms with Crippen molar-refractivity contribution in [3.63, 3.8) is 0 Å². The van der Waals surface area contributed by atoms with Crippen LogP contribution in [0.3, 0.4) is 0 Å². The third-order valence-electron chi connectivity index (χ3n) is 7.20. The van der Waals surface area contributed by atoms with Crippen molar-refractivity contribution < 1.29 is 22.7 Å². The minimum absolute atomic E-state index is 0.0121. The summed E-state index contributed by atoms with van der Waals surface area (Å²) < 4.78 is 32.1. The number of nitrogens with zero attached hydrogens (tertiary/aromatic N) is 3. The first-order valence-corrected chi connectivity index (χ1v) is 14.1. The van der Waals surface area contributed by atoms with E-state index in [1.165, 1.54) is 0 Å². The molecule has 9 nitrogen and oxygen atoms in total. The van der Waals surface area contributed by atoms with Crippen molar-refractivity contribution in [1.82, 2.24) is 19.5 Å². The van der Waals surface area contributed by atoms with Crippen molar-refractivity contribution >= 4 is 22.0 Å². The highest BCUT2D eigenvalue weighted by atomic mass is 32.2. The molecule has 1 saturated carbocycles. The predicted molar refractivity (Wildman–Crippen MR) is 132 cm³/mol. The van der Waals surface area contributed by atoms with E-state index in [9.17, 15) is 18.0 Å². The molecule has 0 radical (unpaired) electrons. The van der Waals surface area contributed by atoms with Crippen LogP contribution in [0.1, 0.15) is 76.2 Å². The maximum Gasteiger partial charge on any atom is 0.410 e. The first kappa shape index (κ1) is 25.9. The van der Waals surface area contributed by atoms with E-state index < -0.39 is 26.8 Å². The van der Waals surface area contributed by atoms with E-state index in [2.05, 4.69) is 14.6 Å². The lowest BCUT2D eigenvalue weighted by atomic mass is 9.84. The Kier molecular flexibility index (Phi) is 7.16. The Hall–Kier alpha value is -2.20. The van der Waals surface area contributed by atoms with Gasteiger partial charge in [-0.2, -0.15) is 0 Å². The van der Waals surface area contributed by atoms with Gasteiger partial charge in [-0.25, -0.2) is 13.2 Å². The van der Waals surface area contributed by atoms with Crippen LogP contribution in [0, 0.1) is 6.92 Å². The molecule has 0 aromatic carbocycles. The summed E-state index contributed by atoms with van der Waals surface area (Å²) in [6.45, 7) is 10.4. The zero-order valence-electron chi connectivity index (χ0n) is 21.3. The van der Waals surface area contributed by atoms with Gasteiger partial charge in [0.1, 0.15) is 5.60 Å². The molecule has 3 heterocycles. The van der Waals surface area contributed by atoms with E-state index in [-0.39, 0.29) is 18.1 Å². The Balaban J connectivity index is 1.42. The smallest absolute Gasteiger partial charge is 0.410 e. The summed E-state index contributed by atoms with van der Waals surface area (Å²) in [7, 11) is -3.58. The summed E-state index contributed by atoms with van der Waals surface area (Å²) in [5.41, 5.74) is 1.87. The van der Waals surface area contributed by atoms with Crippen molar-refractivity contribution in [1.29, 1.82) is 0 Å². The second kappa shape index (κ2) is 9.69. The Morgan fingerprint density at radius 2 is 1.83 bits per heavy atom. The van der Waals surface area contributed by atoms with Crippen LogP contribution >= 0.6 is 0 Å². The summed E-state index contributed by atoms with van der Waals surface area (Å²) in [4.78, 5) is 33.9. The second-order valence-corrected chi connectivity index (χ2v) is 13.2. The molecule has 0 bridgehead atoms. The number of carbonyl (C=O) groups is 2. The number of amides is 2. The molecule has 1 aliphatic carbocycles. The molecular weight excluding hydrogens is 468 g/mol. The molecule has 10 heteroatoms. The van der Waals surface area contributed by atoms with Crippen molar-refractivity contribution in [2.24, 2.45) is 0 Å². The van der Waals surface area contributed by atoms with Gasteiger partial charge in [0, 0.05) is 30.9 Å². The zero-order valence-corrected chi connectivity index (χ0v) is 22.1. The van der Waals surface area contributed by atoms with Gasteiger partial charge in [0.05, 0.1) is 17.4 Å². The summed E-state index contributed by atoms with van der Waals surface area (Å²) in [6, 6.07) is 3.94. The number of pyridine rings is 1. The quantitative estimate of drug-likeness (QED) is 0.632. The van der Waals surface area contributed by atoms with E-state index in [0.29, 0.717) is 38.2 Å². The average Bonchev–Trinajstić information content (AvgIpc) is 3.54. The molecule has 194 valence electrons. The number of ether oxygens (including phenoxy) is 1. The molecule has 4 rings (SSSR count). The van der Waals surface area contributed by atoms with Crippen LogP contribution in [-0.2, 0) is 32.5 Å². The first-order chi connectivity index (χ1) is 16.4. The topological polar surface area (TPSA) is 109 Å². The fraction of sp³-hybridized carbons (Fsp3) is 0.720. The molecule has 1 N–H and O–H groups in total. The molecule has 2 aliphatic heterocycles. The Morgan fingerprint density at radius 3 is 2.46 bits per heavy atom. The van der Waals surface area contributed by atoms with Gasteiger partial charge in [-0.15, -0.1) is 0 Å². The van der Waals surface area contributed by atoms with Crippen LogP contribution in [0.25, 0.3) is 0 Å². The number of hydrogen-bond donors (Lipinski definition) is 1. The van der Waals surface area contributed by atoms with E-state index >= 15 is 0 Å². The normalized spacial score (nSPS) is 20.7. The second-order valence-electron chi connectivity index (χ2n) is 11.2. The maximum atomic E-state index is 12.6. The highest BCUT2D eigenvalue weighted by Crippen LogP contribution is 2.40. The number of aromatic nitrogens is 1. The molecule has 1 spiro atoms. The molecule has 1 aromatic heterocycles. The highest BCUT2D eigenvalue weighted by molar-refractivity contribution is 7.90. The summed E-state index contributed by atoms with van der Waals surface area (Å²) in [5.74, 6) is -0.530. The summed E-state index contributed by atoms with van der Waals surface area (Å²) in [5, 5.41) is -0.438. The Morgan fingerprint density at radius 1 is 1.14 bits per heavy atom. The molecule has 2 saturated heterocycles. The van der Waals surface area contributed by atoms with Crippen LogP contribution < -0.4 is 4.72 Å². The molecule has 0 atom stereocenters. The number of carbonyl (C=O) groups excluding carboxylic acids is 2. The molecular formula is C25H38N4O5S. The van der Waals surface area contributed by atoms with Crippen molar-refractivity contribution in [3.8, 4) is 0 Å². The van der Waals surface area contributed by atoms with Gasteiger partial charge in [-0.05, 0) is 84.4 Å². The average molecular weight is 507 g/mol. The van der Waals surface area contributed by atoms with Gasteiger partial charge in [-0.1, -0.05) is 6.07 Å². The zero-order chi connectivity index (χ0) is 25.4. The molecule has 3 aliphatic rings. The summed E-state index contributed by atoms with van der Waals surface area (Å²) >= 11 is 0. The minimum atomic E-state index is -3.58. The van der Waals surface area contributed by atoms with Gasteiger partial charge in [0.15, 0.2) is 0 Å². The highest BCUT2D eigenvalue weighted by Gasteiger charge is 2.44. The van der Waals surface area contributed by atoms with Crippen molar-refractivity contribution in [2.75, 3.05) is 19.6 Å². The third kappa shape index (κ3) is 6.33. The van der Waals surface area contributed by atoms with Crippen LogP contribution in [-0.4, -0.2) is 71.2 Å². The van der Waals surface area contributed by atoms with Crippen molar-refractivity contribution in [2.45, 2.75) is 95.6 Å². The summed E-state index contributed by atoms with van der Waals surface area (Å²) in [6.07, 6.45) is 4.82. The Labute approximate surface area is 208 Å². The van der Waals surface area contributed by atoms with Crippen LogP contribution in [0.2, 0.25) is 0 Å². The van der Waals surface area contributed by atoms with Gasteiger partial charge in [0.2, 0.25) is 15.9 Å². The van der Waals surface area contributed by atoms with Gasteiger partial charge in [0.25, 0.3) is 0 Å². The third-order valence-corrected chi connectivity index (χ3v) is 9.06. The molecule has 35 heavy (non-hydrogen) atoms. The molecule has 3 fully saturated rings. The van der Waals surface area contributed by atoms with Crippen molar-refractivity contribution in [3.05, 3.63) is 29.1 Å². The fourth-order valence-electron chi connectivity index (χ4n) is 5.19. The van der Waals surface area contributed by atoms with Crippen LogP contribution in [0.15, 0.2) is 12.1 Å². The monoisotopic (exact) mass is 506 g/mol. The minimum Gasteiger partial charge on any atom is -0.444 e. The van der Waals surface area contributed by atoms with Crippen LogP contribution in [0.4, 0.5) is 4.79 Å². The SMILES string of the molecule is Cc1ccc(CN2CCCC23CCN(C(=O)OC(C)(C)C)CC3)c(CC(=O)NS(=O)(=O)C2CC2)n1. The number of sulfonamides is 1. The standard InChI is InChI=1S/C25H38N4O5S/c1-18-6-7-19(21(26-18)16-22(30)27-35(32,33)20-8-9-20)17-29-13-5-10-25(29)11-14-28(15-12-25)23(31)34-24(2,3)4/h6-7,20H,5,8-17H2,1-4H3,(H,27,30). The Bertz CT molecular complexity index is 1070. The van der Waals surface area contributed by atoms with Gasteiger partial charge in [-0.3, -0.25) is 19.4 Å². The number of nitrogens with one attached hydrogen (secondary N) is 1. The fourth-order valence-corrected chi connectivity index (χ4v) is 6.50. The lowest BCUT2D eigenvalue weighted by Gasteiger charge is -2.45. The number of aryl methyl sites for hydroxylation is 1. The number of piperidine rings is 1. The maximum absolute atomic E-state index is 12.6. The lowest BCUT2D eigenvalue weighted by Crippen LogP contribution is -2.53. The number of rotatable bonds is 6.